The van der Waals surface area contributed by atoms with Gasteiger partial charge in [0.1, 0.15) is 5.82 Å². The summed E-state index contributed by atoms with van der Waals surface area (Å²) in [7, 11) is 1.74. The highest BCUT2D eigenvalue weighted by Gasteiger charge is 2.45. The van der Waals surface area contributed by atoms with Crippen molar-refractivity contribution in [3.8, 4) is 0 Å². The SMILES string of the molecule is CN=C(NCc1cccc(CN2CCCC2=O)c1)NCC1(c2ccccc2F)CC1. The smallest absolute Gasteiger partial charge is 0.222 e. The predicted molar refractivity (Wildman–Crippen MR) is 117 cm³/mol. The minimum Gasteiger partial charge on any atom is -0.356 e. The van der Waals surface area contributed by atoms with Gasteiger partial charge in [0.15, 0.2) is 5.96 Å². The fourth-order valence-electron chi connectivity index (χ4n) is 4.17. The van der Waals surface area contributed by atoms with E-state index < -0.39 is 0 Å². The van der Waals surface area contributed by atoms with Crippen LogP contribution in [0.25, 0.3) is 0 Å². The molecule has 2 aliphatic rings. The summed E-state index contributed by atoms with van der Waals surface area (Å²) in [6.07, 6.45) is 3.58. The van der Waals surface area contributed by atoms with Gasteiger partial charge < -0.3 is 15.5 Å². The fourth-order valence-corrected chi connectivity index (χ4v) is 4.17. The molecule has 0 bridgehead atoms. The zero-order valence-corrected chi connectivity index (χ0v) is 17.5. The van der Waals surface area contributed by atoms with E-state index in [1.807, 2.05) is 23.1 Å². The highest BCUT2D eigenvalue weighted by atomic mass is 19.1. The summed E-state index contributed by atoms with van der Waals surface area (Å²) in [5, 5.41) is 6.71. The van der Waals surface area contributed by atoms with Crippen LogP contribution < -0.4 is 10.6 Å². The van der Waals surface area contributed by atoms with Crippen LogP contribution >= 0.6 is 0 Å². The maximum absolute atomic E-state index is 14.2. The van der Waals surface area contributed by atoms with Crippen LogP contribution in [0.1, 0.15) is 42.4 Å². The lowest BCUT2D eigenvalue weighted by Gasteiger charge is -2.20. The molecule has 4 rings (SSSR count). The maximum atomic E-state index is 14.2. The summed E-state index contributed by atoms with van der Waals surface area (Å²) in [6.45, 7) is 2.81. The van der Waals surface area contributed by atoms with E-state index in [2.05, 4.69) is 33.8 Å². The van der Waals surface area contributed by atoms with Gasteiger partial charge in [-0.05, 0) is 42.0 Å². The molecule has 0 radical (unpaired) electrons. The van der Waals surface area contributed by atoms with Crippen LogP contribution in [0.2, 0.25) is 0 Å². The molecule has 5 nitrogen and oxygen atoms in total. The number of halogens is 1. The Morgan fingerprint density at radius 3 is 2.63 bits per heavy atom. The van der Waals surface area contributed by atoms with Crippen LogP contribution in [0.4, 0.5) is 4.39 Å². The van der Waals surface area contributed by atoms with Gasteiger partial charge in [0.2, 0.25) is 5.91 Å². The van der Waals surface area contributed by atoms with E-state index in [4.69, 9.17) is 0 Å². The van der Waals surface area contributed by atoms with Crippen LogP contribution in [0, 0.1) is 5.82 Å². The number of carbonyl (C=O) groups is 1. The summed E-state index contributed by atoms with van der Waals surface area (Å²) in [5.41, 5.74) is 2.93. The van der Waals surface area contributed by atoms with Crippen LogP contribution in [0.15, 0.2) is 53.5 Å². The lowest BCUT2D eigenvalue weighted by molar-refractivity contribution is -0.128. The van der Waals surface area contributed by atoms with Gasteiger partial charge in [-0.1, -0.05) is 42.5 Å². The first-order valence-corrected chi connectivity index (χ1v) is 10.6. The van der Waals surface area contributed by atoms with Crippen LogP contribution in [-0.4, -0.2) is 36.9 Å². The van der Waals surface area contributed by atoms with Crippen molar-refractivity contribution in [2.75, 3.05) is 20.1 Å². The molecule has 1 amide bonds. The Labute approximate surface area is 177 Å². The van der Waals surface area contributed by atoms with Gasteiger partial charge in [-0.2, -0.15) is 0 Å². The molecule has 1 aliphatic carbocycles. The molecule has 1 saturated carbocycles. The number of amides is 1. The van der Waals surface area contributed by atoms with E-state index in [-0.39, 0.29) is 17.1 Å². The van der Waals surface area contributed by atoms with Crippen molar-refractivity contribution in [3.05, 3.63) is 71.0 Å². The van der Waals surface area contributed by atoms with Gasteiger partial charge >= 0.3 is 0 Å². The molecule has 2 N–H and O–H groups in total. The predicted octanol–water partition coefficient (Wildman–Crippen LogP) is 3.34. The van der Waals surface area contributed by atoms with E-state index in [9.17, 15) is 9.18 Å². The standard InChI is InChI=1S/C24H29FN4O/c1-26-23(28-17-24(11-12-24)20-8-2-3-9-21(20)25)27-15-18-6-4-7-19(14-18)16-29-13-5-10-22(29)30/h2-4,6-9,14H,5,10-13,15-17H2,1H3,(H2,26,27,28). The number of aliphatic imine (C=N–C) groups is 1. The molecule has 0 unspecified atom stereocenters. The summed E-state index contributed by atoms with van der Waals surface area (Å²) >= 11 is 0. The highest BCUT2D eigenvalue weighted by molar-refractivity contribution is 5.80. The second kappa shape index (κ2) is 8.86. The van der Waals surface area contributed by atoms with Crippen LogP contribution in [0.3, 0.4) is 0 Å². The quantitative estimate of drug-likeness (QED) is 0.546. The third-order valence-electron chi connectivity index (χ3n) is 6.11. The lowest BCUT2D eigenvalue weighted by atomic mass is 9.95. The minimum absolute atomic E-state index is 0.131. The second-order valence-corrected chi connectivity index (χ2v) is 8.28. The Hall–Kier alpha value is -2.89. The molecule has 1 aliphatic heterocycles. The number of nitrogens with zero attached hydrogens (tertiary/aromatic N) is 2. The number of likely N-dealkylation sites (tertiary alicyclic amines) is 1. The molecule has 30 heavy (non-hydrogen) atoms. The second-order valence-electron chi connectivity index (χ2n) is 8.28. The number of hydrogen-bond donors (Lipinski definition) is 2. The monoisotopic (exact) mass is 408 g/mol. The number of carbonyl (C=O) groups excluding carboxylic acids is 1. The summed E-state index contributed by atoms with van der Waals surface area (Å²) < 4.78 is 14.2. The normalized spacial score (nSPS) is 17.9. The molecule has 2 aromatic carbocycles. The summed E-state index contributed by atoms with van der Waals surface area (Å²) in [4.78, 5) is 18.1. The van der Waals surface area contributed by atoms with Crippen LogP contribution in [0.5, 0.6) is 0 Å². The van der Waals surface area contributed by atoms with Gasteiger partial charge in [0.25, 0.3) is 0 Å². The number of hydrogen-bond acceptors (Lipinski definition) is 2. The summed E-state index contributed by atoms with van der Waals surface area (Å²) in [5.74, 6) is 0.817. The molecule has 0 atom stereocenters. The first-order chi connectivity index (χ1) is 14.6. The van der Waals surface area contributed by atoms with E-state index in [1.165, 1.54) is 6.07 Å². The zero-order chi connectivity index (χ0) is 21.0. The Morgan fingerprint density at radius 1 is 1.13 bits per heavy atom. The molecule has 1 saturated heterocycles. The number of rotatable bonds is 7. The first kappa shape index (κ1) is 20.4. The van der Waals surface area contributed by atoms with Crippen molar-refractivity contribution >= 4 is 11.9 Å². The van der Waals surface area contributed by atoms with Gasteiger partial charge in [0.05, 0.1) is 0 Å². The lowest BCUT2D eigenvalue weighted by Crippen LogP contribution is -2.41. The Balaban J connectivity index is 1.31. The summed E-state index contributed by atoms with van der Waals surface area (Å²) in [6, 6.07) is 15.3. The van der Waals surface area contributed by atoms with Gasteiger partial charge in [-0.25, -0.2) is 4.39 Å². The van der Waals surface area contributed by atoms with Crippen molar-refractivity contribution in [3.63, 3.8) is 0 Å². The van der Waals surface area contributed by atoms with Crippen LogP contribution in [-0.2, 0) is 23.3 Å². The van der Waals surface area contributed by atoms with Crippen molar-refractivity contribution in [1.29, 1.82) is 0 Å². The van der Waals surface area contributed by atoms with E-state index in [0.29, 0.717) is 32.0 Å². The first-order valence-electron chi connectivity index (χ1n) is 10.6. The largest absolute Gasteiger partial charge is 0.356 e. The Bertz CT molecular complexity index is 938. The van der Waals surface area contributed by atoms with Gasteiger partial charge in [-0.3, -0.25) is 9.79 Å². The molecule has 2 aromatic rings. The van der Waals surface area contributed by atoms with Gasteiger partial charge in [0, 0.05) is 45.1 Å². The minimum atomic E-state index is -0.134. The average molecular weight is 409 g/mol. The molecular weight excluding hydrogens is 379 g/mol. The van der Waals surface area contributed by atoms with Crippen molar-refractivity contribution in [2.24, 2.45) is 4.99 Å². The van der Waals surface area contributed by atoms with E-state index in [1.54, 1.807) is 13.1 Å². The van der Waals surface area contributed by atoms with Crippen molar-refractivity contribution in [1.82, 2.24) is 15.5 Å². The Morgan fingerprint density at radius 2 is 1.93 bits per heavy atom. The third kappa shape index (κ3) is 4.64. The molecule has 2 fully saturated rings. The molecule has 1 heterocycles. The van der Waals surface area contributed by atoms with Crippen molar-refractivity contribution in [2.45, 2.75) is 44.2 Å². The maximum Gasteiger partial charge on any atom is 0.222 e. The number of nitrogens with one attached hydrogen (secondary N) is 2. The molecule has 0 spiro atoms. The number of guanidine groups is 1. The Kier molecular flexibility index (Phi) is 6.02. The third-order valence-corrected chi connectivity index (χ3v) is 6.11. The van der Waals surface area contributed by atoms with Crippen molar-refractivity contribution < 1.29 is 9.18 Å². The van der Waals surface area contributed by atoms with E-state index >= 15 is 0 Å². The molecule has 158 valence electrons. The van der Waals surface area contributed by atoms with E-state index in [0.717, 1.165) is 42.5 Å². The topological polar surface area (TPSA) is 56.7 Å². The average Bonchev–Trinajstić information content (AvgIpc) is 3.44. The number of benzene rings is 2. The molecule has 6 heteroatoms. The van der Waals surface area contributed by atoms with Gasteiger partial charge in [-0.15, -0.1) is 0 Å². The molecular formula is C24H29FN4O. The highest BCUT2D eigenvalue weighted by Crippen LogP contribution is 2.48. The fraction of sp³-hybridized carbons (Fsp3) is 0.417. The zero-order valence-electron chi connectivity index (χ0n) is 17.5. The molecule has 0 aromatic heterocycles.